The third-order valence-electron chi connectivity index (χ3n) is 0.172. The third-order valence-corrected chi connectivity index (χ3v) is 8.04. The van der Waals surface area contributed by atoms with Gasteiger partial charge in [-0.3, -0.25) is 0 Å². The van der Waals surface area contributed by atoms with Crippen molar-refractivity contribution in [2.24, 2.45) is 0 Å². The van der Waals surface area contributed by atoms with E-state index in [1.165, 1.54) is 0 Å². The van der Waals surface area contributed by atoms with Gasteiger partial charge in [-0.2, -0.15) is 0 Å². The summed E-state index contributed by atoms with van der Waals surface area (Å²) < 4.78 is 54.4. The molecule has 0 radical (unpaired) electrons. The van der Waals surface area contributed by atoms with Gasteiger partial charge in [0.2, 0.25) is 0 Å². The Kier molecular flexibility index (Phi) is 4.73. The van der Waals surface area contributed by atoms with E-state index >= 15 is 0 Å². The van der Waals surface area contributed by atoms with Crippen LogP contribution in [0.25, 0.3) is 0 Å². The Hall–Kier alpha value is 0.339. The molecular formula is CH6O6S2Se. The van der Waals surface area contributed by atoms with Gasteiger partial charge in [0.15, 0.2) is 0 Å². The van der Waals surface area contributed by atoms with E-state index < -0.39 is 29.8 Å². The van der Waals surface area contributed by atoms with E-state index in [2.05, 4.69) is 0 Å². The van der Waals surface area contributed by atoms with Crippen molar-refractivity contribution >= 4 is 29.8 Å². The first-order valence-corrected chi connectivity index (χ1v) is 8.29. The molecule has 0 aliphatic heterocycles. The Morgan fingerprint density at radius 3 is 1.10 bits per heavy atom. The van der Waals surface area contributed by atoms with Crippen LogP contribution < -0.4 is 0 Å². The fourth-order valence-corrected chi connectivity index (χ4v) is 5.08. The SMILES string of the molecule is C.O=S(=O)(O)[Se]S(=O)(=O)O. The average molecular weight is 257 g/mol. The van der Waals surface area contributed by atoms with Crippen molar-refractivity contribution in [2.75, 3.05) is 0 Å². The van der Waals surface area contributed by atoms with E-state index in [9.17, 15) is 16.8 Å². The second kappa shape index (κ2) is 3.65. The summed E-state index contributed by atoms with van der Waals surface area (Å²) in [5, 5.41) is 0. The van der Waals surface area contributed by atoms with Crippen molar-refractivity contribution in [3.05, 3.63) is 0 Å². The van der Waals surface area contributed by atoms with Gasteiger partial charge < -0.3 is 0 Å². The summed E-state index contributed by atoms with van der Waals surface area (Å²) in [5.74, 6) is 0. The maximum atomic E-state index is 9.69. The van der Waals surface area contributed by atoms with E-state index in [-0.39, 0.29) is 7.43 Å². The van der Waals surface area contributed by atoms with Gasteiger partial charge in [-0.1, -0.05) is 7.43 Å². The van der Waals surface area contributed by atoms with E-state index in [1.54, 1.807) is 0 Å². The minimum absolute atomic E-state index is 0. The van der Waals surface area contributed by atoms with Crippen molar-refractivity contribution in [3.8, 4) is 0 Å². The maximum absolute atomic E-state index is 9.69. The molecule has 0 amide bonds. The predicted molar refractivity (Wildman–Crippen MR) is 35.6 cm³/mol. The molecule has 0 aromatic heterocycles. The van der Waals surface area contributed by atoms with Crippen LogP contribution >= 0.6 is 0 Å². The van der Waals surface area contributed by atoms with E-state index in [4.69, 9.17) is 9.11 Å². The summed E-state index contributed by atoms with van der Waals surface area (Å²) in [4.78, 5) is 0. The van der Waals surface area contributed by atoms with Gasteiger partial charge in [0.05, 0.1) is 0 Å². The molecule has 0 aliphatic carbocycles. The van der Waals surface area contributed by atoms with Gasteiger partial charge in [0.1, 0.15) is 0 Å². The van der Waals surface area contributed by atoms with Crippen molar-refractivity contribution in [3.63, 3.8) is 0 Å². The van der Waals surface area contributed by atoms with Crippen molar-refractivity contribution in [2.45, 2.75) is 7.43 Å². The molecule has 64 valence electrons. The second-order valence-electron chi connectivity index (χ2n) is 0.924. The Bertz CT molecular complexity index is 241. The number of rotatable bonds is 2. The van der Waals surface area contributed by atoms with Crippen molar-refractivity contribution < 1.29 is 25.9 Å². The molecule has 9 heteroatoms. The van der Waals surface area contributed by atoms with E-state index in [1.807, 2.05) is 0 Å². The zero-order valence-electron chi connectivity index (χ0n) is 3.75. The molecule has 2 N–H and O–H groups in total. The summed E-state index contributed by atoms with van der Waals surface area (Å²) in [7, 11) is -9.11. The molecule has 0 aromatic rings. The Labute approximate surface area is 63.4 Å². The van der Waals surface area contributed by atoms with Crippen LogP contribution in [0.5, 0.6) is 0 Å². The zero-order chi connectivity index (χ0) is 7.71. The normalized spacial score (nSPS) is 12.2. The molecular weight excluding hydrogens is 251 g/mol. The minimum atomic E-state index is -4.56. The summed E-state index contributed by atoms with van der Waals surface area (Å²) in [6.45, 7) is 0. The van der Waals surface area contributed by atoms with Gasteiger partial charge in [0.25, 0.3) is 0 Å². The van der Waals surface area contributed by atoms with Crippen LogP contribution in [0.4, 0.5) is 0 Å². The van der Waals surface area contributed by atoms with E-state index in [0.29, 0.717) is 0 Å². The molecule has 0 unspecified atom stereocenters. The molecule has 6 nitrogen and oxygen atoms in total. The van der Waals surface area contributed by atoms with Gasteiger partial charge in [-0.05, 0) is 0 Å². The first-order valence-electron chi connectivity index (χ1n) is 1.37. The molecule has 0 atom stereocenters. The zero-order valence-corrected chi connectivity index (χ0v) is 7.10. The summed E-state index contributed by atoms with van der Waals surface area (Å²) in [6, 6.07) is 0. The first kappa shape index (κ1) is 13.0. The molecule has 0 bridgehead atoms. The molecule has 0 fully saturated rings. The van der Waals surface area contributed by atoms with Gasteiger partial charge in [-0.25, -0.2) is 0 Å². The molecule has 0 saturated heterocycles. The first-order chi connectivity index (χ1) is 3.71. The van der Waals surface area contributed by atoms with Crippen LogP contribution in [-0.4, -0.2) is 38.7 Å². The van der Waals surface area contributed by atoms with Gasteiger partial charge in [0, 0.05) is 0 Å². The molecule has 0 spiro atoms. The molecule has 0 aromatic carbocycles. The fourth-order valence-electron chi connectivity index (χ4n) is 0.109. The average Bonchev–Trinajstić information content (AvgIpc) is 1.14. The quantitative estimate of drug-likeness (QED) is 0.481. The summed E-state index contributed by atoms with van der Waals surface area (Å²) in [5.41, 5.74) is 0. The van der Waals surface area contributed by atoms with Crippen LogP contribution in [0.3, 0.4) is 0 Å². The number of hydrogen-bond acceptors (Lipinski definition) is 4. The summed E-state index contributed by atoms with van der Waals surface area (Å²) in [6.07, 6.45) is 0. The molecule has 0 rings (SSSR count). The van der Waals surface area contributed by atoms with E-state index in [0.717, 1.165) is 0 Å². The molecule has 0 aliphatic rings. The van der Waals surface area contributed by atoms with Crippen LogP contribution in [0.1, 0.15) is 7.43 Å². The van der Waals surface area contributed by atoms with Crippen molar-refractivity contribution in [1.82, 2.24) is 0 Å². The van der Waals surface area contributed by atoms with Gasteiger partial charge >= 0.3 is 55.7 Å². The van der Waals surface area contributed by atoms with Crippen LogP contribution in [0, 0.1) is 0 Å². The summed E-state index contributed by atoms with van der Waals surface area (Å²) >= 11 is -2.19. The van der Waals surface area contributed by atoms with Gasteiger partial charge in [-0.15, -0.1) is 0 Å². The monoisotopic (exact) mass is 258 g/mol. The molecule has 0 saturated carbocycles. The Morgan fingerprint density at radius 2 is 1.10 bits per heavy atom. The Balaban J connectivity index is 0. The molecule has 0 heterocycles. The topological polar surface area (TPSA) is 109 Å². The standard InChI is InChI=1S/CH4.H2O6S2Se/c;1-7(2,3)9-8(4,5)6/h1H4;(H,1,2,3)(H,4,5,6). The van der Waals surface area contributed by atoms with Crippen molar-refractivity contribution in [1.29, 1.82) is 0 Å². The van der Waals surface area contributed by atoms with Crippen LogP contribution in [0.15, 0.2) is 0 Å². The predicted octanol–water partition coefficient (Wildman–Crippen LogP) is -1.07. The Morgan fingerprint density at radius 1 is 0.900 bits per heavy atom. The number of hydrogen-bond donors (Lipinski definition) is 2. The second-order valence-corrected chi connectivity index (χ2v) is 11.1. The molecule has 10 heavy (non-hydrogen) atoms. The fraction of sp³-hybridized carbons (Fsp3) is 1.00. The third kappa shape index (κ3) is 11.2. The van der Waals surface area contributed by atoms with Crippen LogP contribution in [-0.2, 0) is 17.1 Å². The van der Waals surface area contributed by atoms with Crippen LogP contribution in [0.2, 0.25) is 0 Å².